The van der Waals surface area contributed by atoms with Gasteiger partial charge < -0.3 is 0 Å². The predicted octanol–water partition coefficient (Wildman–Crippen LogP) is 4.72. The van der Waals surface area contributed by atoms with Crippen molar-refractivity contribution in [3.63, 3.8) is 0 Å². The summed E-state index contributed by atoms with van der Waals surface area (Å²) >= 11 is 6.95. The molecule has 0 bridgehead atoms. The van der Waals surface area contributed by atoms with Crippen LogP contribution in [0.15, 0.2) is 46.5 Å². The van der Waals surface area contributed by atoms with Gasteiger partial charge in [-0.25, -0.2) is 0 Å². The molecule has 1 heterocycles. The number of carbonyl (C=O) groups is 1. The molecule has 2 nitrogen and oxygen atoms in total. The first-order chi connectivity index (χ1) is 9.41. The molecule has 0 aliphatic carbocycles. The van der Waals surface area contributed by atoms with Gasteiger partial charge in [-0.15, -0.1) is 0 Å². The Hall–Kier alpha value is -1.53. The molecular weight excluding hydrogens is 311 g/mol. The molecule has 104 valence electrons. The highest BCUT2D eigenvalue weighted by Crippen LogP contribution is 2.34. The minimum Gasteiger partial charge on any atom is -0.298 e. The number of aldehydes is 1. The topological polar surface area (TPSA) is 30.0 Å². The fourth-order valence-electron chi connectivity index (χ4n) is 1.46. The van der Waals surface area contributed by atoms with Crippen molar-refractivity contribution in [1.82, 2.24) is 4.98 Å². The highest BCUT2D eigenvalue weighted by Gasteiger charge is 2.29. The van der Waals surface area contributed by atoms with Crippen molar-refractivity contribution in [2.45, 2.75) is 16.0 Å². The van der Waals surface area contributed by atoms with Gasteiger partial charge in [-0.1, -0.05) is 23.4 Å². The van der Waals surface area contributed by atoms with Crippen LogP contribution in [-0.2, 0) is 6.18 Å². The van der Waals surface area contributed by atoms with Crippen molar-refractivity contribution in [1.29, 1.82) is 0 Å². The third kappa shape index (κ3) is 3.32. The Balaban J connectivity index is 2.27. The Morgan fingerprint density at radius 1 is 1.15 bits per heavy atom. The number of hydrogen-bond acceptors (Lipinski definition) is 3. The number of carbonyl (C=O) groups excluding carboxylic acids is 1. The van der Waals surface area contributed by atoms with Gasteiger partial charge in [0.25, 0.3) is 0 Å². The molecule has 2 rings (SSSR count). The molecule has 0 amide bonds. The maximum absolute atomic E-state index is 12.4. The second kappa shape index (κ2) is 5.85. The molecule has 0 aliphatic heterocycles. The van der Waals surface area contributed by atoms with E-state index in [9.17, 15) is 18.0 Å². The molecule has 0 spiro atoms. The van der Waals surface area contributed by atoms with Crippen molar-refractivity contribution < 1.29 is 18.0 Å². The fourth-order valence-corrected chi connectivity index (χ4v) is 2.63. The second-order valence-corrected chi connectivity index (χ2v) is 5.30. The summed E-state index contributed by atoms with van der Waals surface area (Å²) in [5, 5.41) is 0.205. The maximum Gasteiger partial charge on any atom is 0.416 e. The summed E-state index contributed by atoms with van der Waals surface area (Å²) in [6.07, 6.45) is -0.995. The summed E-state index contributed by atoms with van der Waals surface area (Å²) in [4.78, 5) is 15.9. The third-order valence-electron chi connectivity index (χ3n) is 2.43. The van der Waals surface area contributed by atoms with Crippen molar-refractivity contribution in [2.75, 3.05) is 0 Å². The maximum atomic E-state index is 12.4. The van der Waals surface area contributed by atoms with Crippen LogP contribution in [0.3, 0.4) is 0 Å². The van der Waals surface area contributed by atoms with E-state index in [1.54, 1.807) is 0 Å². The van der Waals surface area contributed by atoms with Gasteiger partial charge in [-0.05, 0) is 24.3 Å². The van der Waals surface area contributed by atoms with Gasteiger partial charge >= 0.3 is 6.18 Å². The number of hydrogen-bond donors (Lipinski definition) is 0. The van der Waals surface area contributed by atoms with E-state index in [1.807, 2.05) is 0 Å². The molecule has 0 saturated heterocycles. The van der Waals surface area contributed by atoms with Crippen molar-refractivity contribution in [3.05, 3.63) is 52.8 Å². The van der Waals surface area contributed by atoms with Crippen molar-refractivity contribution >= 4 is 29.6 Å². The highest BCUT2D eigenvalue weighted by molar-refractivity contribution is 7.99. The lowest BCUT2D eigenvalue weighted by atomic mass is 10.2. The molecule has 0 unspecified atom stereocenters. The summed E-state index contributed by atoms with van der Waals surface area (Å²) < 4.78 is 37.3. The standard InChI is InChI=1S/C13H7ClF3NOS/c14-11-5-18-6-12(10(11)7-19)20-9-3-1-8(2-4-9)13(15,16)17/h1-7H. The van der Waals surface area contributed by atoms with Crippen molar-refractivity contribution in [2.24, 2.45) is 0 Å². The van der Waals surface area contributed by atoms with Crippen LogP contribution in [0.5, 0.6) is 0 Å². The molecule has 0 N–H and O–H groups in total. The van der Waals surface area contributed by atoms with E-state index in [0.29, 0.717) is 16.1 Å². The van der Waals surface area contributed by atoms with Gasteiger partial charge in [0.1, 0.15) is 0 Å². The lowest BCUT2D eigenvalue weighted by Gasteiger charge is -2.08. The molecule has 20 heavy (non-hydrogen) atoms. The molecule has 0 saturated carbocycles. The van der Waals surface area contributed by atoms with Gasteiger partial charge in [-0.3, -0.25) is 9.78 Å². The first-order valence-electron chi connectivity index (χ1n) is 5.35. The van der Waals surface area contributed by atoms with Crippen LogP contribution in [0.4, 0.5) is 13.2 Å². The Bertz CT molecular complexity index is 629. The monoisotopic (exact) mass is 317 g/mol. The zero-order valence-corrected chi connectivity index (χ0v) is 11.4. The number of nitrogens with zero attached hydrogens (tertiary/aromatic N) is 1. The molecule has 1 aromatic heterocycles. The Kier molecular flexibility index (Phi) is 4.35. The zero-order valence-electron chi connectivity index (χ0n) is 9.82. The number of halogens is 4. The Labute approximate surface area is 122 Å². The van der Waals surface area contributed by atoms with Crippen LogP contribution in [0.2, 0.25) is 5.02 Å². The molecule has 0 aliphatic rings. The molecule has 1 aromatic carbocycles. The minimum absolute atomic E-state index is 0.205. The van der Waals surface area contributed by atoms with Crippen LogP contribution in [0.25, 0.3) is 0 Å². The summed E-state index contributed by atoms with van der Waals surface area (Å²) in [6, 6.07) is 4.65. The lowest BCUT2D eigenvalue weighted by molar-refractivity contribution is -0.137. The summed E-state index contributed by atoms with van der Waals surface area (Å²) in [5.74, 6) is 0. The molecule has 7 heteroatoms. The quantitative estimate of drug-likeness (QED) is 0.767. The summed E-state index contributed by atoms with van der Waals surface area (Å²) in [7, 11) is 0. The van der Waals surface area contributed by atoms with E-state index in [0.717, 1.165) is 23.9 Å². The van der Waals surface area contributed by atoms with E-state index in [4.69, 9.17) is 11.6 Å². The average molecular weight is 318 g/mol. The number of pyridine rings is 1. The highest BCUT2D eigenvalue weighted by atomic mass is 35.5. The predicted molar refractivity (Wildman–Crippen MR) is 70.2 cm³/mol. The third-order valence-corrected chi connectivity index (χ3v) is 3.78. The number of rotatable bonds is 3. The van der Waals surface area contributed by atoms with Crippen LogP contribution >= 0.6 is 23.4 Å². The normalized spacial score (nSPS) is 11.4. The minimum atomic E-state index is -4.37. The number of aromatic nitrogens is 1. The Morgan fingerprint density at radius 2 is 1.80 bits per heavy atom. The summed E-state index contributed by atoms with van der Waals surface area (Å²) in [5.41, 5.74) is -0.451. The average Bonchev–Trinajstić information content (AvgIpc) is 2.38. The van der Waals surface area contributed by atoms with Crippen LogP contribution in [-0.4, -0.2) is 11.3 Å². The molecule has 0 fully saturated rings. The lowest BCUT2D eigenvalue weighted by Crippen LogP contribution is -2.03. The van der Waals surface area contributed by atoms with Gasteiger partial charge in [0.05, 0.1) is 10.6 Å². The largest absolute Gasteiger partial charge is 0.416 e. The van der Waals surface area contributed by atoms with E-state index < -0.39 is 11.7 Å². The molecule has 2 aromatic rings. The van der Waals surface area contributed by atoms with Gasteiger partial charge in [0.15, 0.2) is 6.29 Å². The van der Waals surface area contributed by atoms with E-state index in [-0.39, 0.29) is 10.6 Å². The fraction of sp³-hybridized carbons (Fsp3) is 0.0769. The molecule has 0 atom stereocenters. The first-order valence-corrected chi connectivity index (χ1v) is 6.55. The van der Waals surface area contributed by atoms with E-state index in [1.165, 1.54) is 24.5 Å². The second-order valence-electron chi connectivity index (χ2n) is 3.78. The molecular formula is C13H7ClF3NOS. The number of alkyl halides is 3. The van der Waals surface area contributed by atoms with Gasteiger partial charge in [-0.2, -0.15) is 13.2 Å². The summed E-state index contributed by atoms with van der Waals surface area (Å²) in [6.45, 7) is 0. The van der Waals surface area contributed by atoms with Gasteiger partial charge in [0, 0.05) is 27.7 Å². The van der Waals surface area contributed by atoms with Crippen LogP contribution in [0, 0.1) is 0 Å². The van der Waals surface area contributed by atoms with Gasteiger partial charge in [0.2, 0.25) is 0 Å². The molecule has 0 radical (unpaired) electrons. The first kappa shape index (κ1) is 14.9. The zero-order chi connectivity index (χ0) is 14.8. The van der Waals surface area contributed by atoms with Crippen LogP contribution in [0.1, 0.15) is 15.9 Å². The Morgan fingerprint density at radius 3 is 2.35 bits per heavy atom. The van der Waals surface area contributed by atoms with E-state index >= 15 is 0 Å². The van der Waals surface area contributed by atoms with Crippen LogP contribution < -0.4 is 0 Å². The smallest absolute Gasteiger partial charge is 0.298 e. The van der Waals surface area contributed by atoms with E-state index in [2.05, 4.69) is 4.98 Å². The SMILES string of the molecule is O=Cc1c(Cl)cncc1Sc1ccc(C(F)(F)F)cc1. The van der Waals surface area contributed by atoms with Crippen molar-refractivity contribution in [3.8, 4) is 0 Å². The number of benzene rings is 1.